The van der Waals surface area contributed by atoms with Gasteiger partial charge in [0.2, 0.25) is 5.91 Å². The second-order valence-electron chi connectivity index (χ2n) is 2.84. The third-order valence-corrected chi connectivity index (χ3v) is 2.37. The van der Waals surface area contributed by atoms with Gasteiger partial charge in [-0.3, -0.25) is 9.59 Å². The molecule has 1 aliphatic heterocycles. The van der Waals surface area contributed by atoms with Gasteiger partial charge in [-0.05, 0) is 6.26 Å². The Labute approximate surface area is 86.7 Å². The molecule has 14 heavy (non-hydrogen) atoms. The van der Waals surface area contributed by atoms with Gasteiger partial charge < -0.3 is 5.32 Å². The second-order valence-corrected chi connectivity index (χ2v) is 3.83. The van der Waals surface area contributed by atoms with Crippen molar-refractivity contribution in [3.8, 4) is 0 Å². The molecule has 0 unspecified atom stereocenters. The fourth-order valence-electron chi connectivity index (χ4n) is 1.01. The van der Waals surface area contributed by atoms with Crippen molar-refractivity contribution in [1.82, 2.24) is 10.7 Å². The number of amides is 2. The molecule has 6 heteroatoms. The molecular formula is C8H13N3O2S. The molecule has 0 aliphatic carbocycles. The fraction of sp³-hybridized carbons (Fsp3) is 0.625. The van der Waals surface area contributed by atoms with Crippen LogP contribution in [0.15, 0.2) is 5.10 Å². The lowest BCUT2D eigenvalue weighted by Gasteiger charge is -2.11. The van der Waals surface area contributed by atoms with E-state index in [0.717, 1.165) is 5.75 Å². The molecule has 0 aromatic rings. The van der Waals surface area contributed by atoms with Crippen molar-refractivity contribution in [1.29, 1.82) is 0 Å². The van der Waals surface area contributed by atoms with E-state index in [4.69, 9.17) is 0 Å². The van der Waals surface area contributed by atoms with Gasteiger partial charge in [-0.2, -0.15) is 16.9 Å². The Morgan fingerprint density at radius 2 is 2.43 bits per heavy atom. The van der Waals surface area contributed by atoms with Gasteiger partial charge in [0, 0.05) is 25.1 Å². The minimum Gasteiger partial charge on any atom is -0.350 e. The minimum absolute atomic E-state index is 0.134. The zero-order valence-electron chi connectivity index (χ0n) is 8.00. The highest BCUT2D eigenvalue weighted by Gasteiger charge is 2.17. The molecule has 78 valence electrons. The monoisotopic (exact) mass is 215 g/mol. The van der Waals surface area contributed by atoms with Crippen molar-refractivity contribution in [2.24, 2.45) is 5.10 Å². The molecule has 0 fully saturated rings. The summed E-state index contributed by atoms with van der Waals surface area (Å²) in [6.45, 7) is 0.632. The lowest BCUT2D eigenvalue weighted by Crippen LogP contribution is -2.37. The quantitative estimate of drug-likeness (QED) is 0.634. The second kappa shape index (κ2) is 5.64. The highest BCUT2D eigenvalue weighted by molar-refractivity contribution is 7.98. The number of carbonyl (C=O) groups is 2. The third kappa shape index (κ3) is 3.37. The van der Waals surface area contributed by atoms with Crippen LogP contribution in [0.1, 0.15) is 12.8 Å². The number of hydrogen-bond acceptors (Lipinski definition) is 4. The summed E-state index contributed by atoms with van der Waals surface area (Å²) < 4.78 is 0. The first kappa shape index (κ1) is 11.0. The Morgan fingerprint density at radius 3 is 3.00 bits per heavy atom. The Kier molecular flexibility index (Phi) is 4.45. The molecule has 0 saturated carbocycles. The summed E-state index contributed by atoms with van der Waals surface area (Å²) in [5, 5.41) is 6.41. The molecule has 0 saturated heterocycles. The third-order valence-electron chi connectivity index (χ3n) is 1.76. The first-order chi connectivity index (χ1) is 6.74. The van der Waals surface area contributed by atoms with Gasteiger partial charge in [0.1, 0.15) is 5.71 Å². The zero-order valence-corrected chi connectivity index (χ0v) is 8.82. The van der Waals surface area contributed by atoms with E-state index in [1.54, 1.807) is 11.8 Å². The maximum absolute atomic E-state index is 11.4. The number of hydrazone groups is 1. The van der Waals surface area contributed by atoms with E-state index in [1.807, 2.05) is 6.26 Å². The van der Waals surface area contributed by atoms with Crippen LogP contribution < -0.4 is 10.7 Å². The Bertz CT molecular complexity index is 265. The summed E-state index contributed by atoms with van der Waals surface area (Å²) >= 11 is 1.67. The molecule has 0 aromatic carbocycles. The van der Waals surface area contributed by atoms with E-state index >= 15 is 0 Å². The highest BCUT2D eigenvalue weighted by atomic mass is 32.2. The van der Waals surface area contributed by atoms with Crippen molar-refractivity contribution in [3.63, 3.8) is 0 Å². The van der Waals surface area contributed by atoms with Crippen molar-refractivity contribution in [2.75, 3.05) is 18.6 Å². The molecule has 1 rings (SSSR count). The smallest absolute Gasteiger partial charge is 0.267 e. The van der Waals surface area contributed by atoms with Crippen molar-refractivity contribution in [2.45, 2.75) is 12.8 Å². The predicted octanol–water partition coefficient (Wildman–Crippen LogP) is -0.268. The van der Waals surface area contributed by atoms with Crippen LogP contribution >= 0.6 is 11.8 Å². The van der Waals surface area contributed by atoms with E-state index in [0.29, 0.717) is 25.1 Å². The lowest BCUT2D eigenvalue weighted by molar-refractivity contribution is -0.121. The van der Waals surface area contributed by atoms with Crippen molar-refractivity contribution in [3.05, 3.63) is 0 Å². The van der Waals surface area contributed by atoms with Crippen molar-refractivity contribution >= 4 is 29.3 Å². The van der Waals surface area contributed by atoms with Crippen LogP contribution in [0.3, 0.4) is 0 Å². The Balaban J connectivity index is 2.33. The van der Waals surface area contributed by atoms with Crippen LogP contribution in [0.25, 0.3) is 0 Å². The van der Waals surface area contributed by atoms with Crippen LogP contribution in [0, 0.1) is 0 Å². The van der Waals surface area contributed by atoms with Crippen LogP contribution in [0.2, 0.25) is 0 Å². The predicted molar refractivity (Wildman–Crippen MR) is 56.2 cm³/mol. The van der Waals surface area contributed by atoms with Crippen molar-refractivity contribution < 1.29 is 9.59 Å². The van der Waals surface area contributed by atoms with Gasteiger partial charge in [-0.15, -0.1) is 0 Å². The maximum atomic E-state index is 11.4. The van der Waals surface area contributed by atoms with Gasteiger partial charge in [0.25, 0.3) is 5.91 Å². The normalized spacial score (nSPS) is 15.8. The number of nitrogens with zero attached hydrogens (tertiary/aromatic N) is 1. The first-order valence-corrected chi connectivity index (χ1v) is 5.76. The number of thioether (sulfide) groups is 1. The van der Waals surface area contributed by atoms with E-state index < -0.39 is 0 Å². The van der Waals surface area contributed by atoms with Gasteiger partial charge in [-0.25, -0.2) is 5.43 Å². The molecule has 1 aliphatic rings. The van der Waals surface area contributed by atoms with E-state index in [9.17, 15) is 9.59 Å². The lowest BCUT2D eigenvalue weighted by atomic mass is 10.2. The minimum atomic E-state index is -0.181. The maximum Gasteiger partial charge on any atom is 0.267 e. The number of carbonyl (C=O) groups excluding carboxylic acids is 2. The summed E-state index contributed by atoms with van der Waals surface area (Å²) in [6, 6.07) is 0. The first-order valence-electron chi connectivity index (χ1n) is 4.36. The molecule has 2 N–H and O–H groups in total. The topological polar surface area (TPSA) is 70.6 Å². The van der Waals surface area contributed by atoms with Crippen LogP contribution in [0.4, 0.5) is 0 Å². The largest absolute Gasteiger partial charge is 0.350 e. The summed E-state index contributed by atoms with van der Waals surface area (Å²) in [4.78, 5) is 22.1. The van der Waals surface area contributed by atoms with Crippen LogP contribution in [0.5, 0.6) is 0 Å². The summed E-state index contributed by atoms with van der Waals surface area (Å²) in [6.07, 6.45) is 2.75. The molecule has 5 nitrogen and oxygen atoms in total. The van der Waals surface area contributed by atoms with Gasteiger partial charge in [0.15, 0.2) is 0 Å². The molecule has 1 heterocycles. The Hall–Kier alpha value is -1.04. The average molecular weight is 215 g/mol. The van der Waals surface area contributed by atoms with E-state index in [1.165, 1.54) is 0 Å². The molecule has 0 aromatic heterocycles. The summed E-state index contributed by atoms with van der Waals surface area (Å²) in [7, 11) is 0. The number of hydrogen-bond donors (Lipinski definition) is 2. The SMILES string of the molecule is CSCCNC(=O)C1=NNC(=O)CC1. The van der Waals surface area contributed by atoms with Gasteiger partial charge >= 0.3 is 0 Å². The fourth-order valence-corrected chi connectivity index (χ4v) is 1.31. The van der Waals surface area contributed by atoms with Gasteiger partial charge in [-0.1, -0.05) is 0 Å². The van der Waals surface area contributed by atoms with Gasteiger partial charge in [0.05, 0.1) is 0 Å². The average Bonchev–Trinajstić information content (AvgIpc) is 2.19. The molecule has 0 spiro atoms. The zero-order chi connectivity index (χ0) is 10.4. The molecule has 0 bridgehead atoms. The highest BCUT2D eigenvalue weighted by Crippen LogP contribution is 1.99. The van der Waals surface area contributed by atoms with Crippen LogP contribution in [-0.4, -0.2) is 36.1 Å². The summed E-state index contributed by atoms with van der Waals surface area (Å²) in [5.74, 6) is 0.565. The van der Waals surface area contributed by atoms with E-state index in [2.05, 4.69) is 15.8 Å². The summed E-state index contributed by atoms with van der Waals surface area (Å²) in [5.41, 5.74) is 2.69. The molecule has 0 radical (unpaired) electrons. The standard InChI is InChI=1S/C8H13N3O2S/c1-14-5-4-9-8(13)6-2-3-7(12)11-10-6/h2-5H2,1H3,(H,9,13)(H,11,12). The molecule has 0 atom stereocenters. The number of nitrogens with one attached hydrogen (secondary N) is 2. The van der Waals surface area contributed by atoms with E-state index in [-0.39, 0.29) is 11.8 Å². The molecular weight excluding hydrogens is 202 g/mol. The Morgan fingerprint density at radius 1 is 1.64 bits per heavy atom. The molecule has 2 amide bonds. The van der Waals surface area contributed by atoms with Crippen LogP contribution in [-0.2, 0) is 9.59 Å². The number of rotatable bonds is 4.